The highest BCUT2D eigenvalue weighted by atomic mass is 16.5. The van der Waals surface area contributed by atoms with E-state index in [-0.39, 0.29) is 12.0 Å². The van der Waals surface area contributed by atoms with E-state index in [1.54, 1.807) is 24.7 Å². The molecule has 2 heterocycles. The lowest BCUT2D eigenvalue weighted by atomic mass is 10.2. The highest BCUT2D eigenvalue weighted by Gasteiger charge is 2.10. The van der Waals surface area contributed by atoms with Gasteiger partial charge in [-0.1, -0.05) is 18.2 Å². The molecule has 0 aliphatic rings. The first-order valence-electron chi connectivity index (χ1n) is 8.77. The highest BCUT2D eigenvalue weighted by Crippen LogP contribution is 2.28. The highest BCUT2D eigenvalue weighted by molar-refractivity contribution is 5.93. The number of carbonyl (C=O) groups excluding carboxylic acids is 1. The maximum Gasteiger partial charge on any atom is 0.270 e. The lowest BCUT2D eigenvalue weighted by molar-refractivity contribution is 0.0946. The summed E-state index contributed by atoms with van der Waals surface area (Å²) in [7, 11) is 0. The van der Waals surface area contributed by atoms with E-state index < -0.39 is 0 Å². The minimum Gasteiger partial charge on any atom is -0.489 e. The fourth-order valence-electron chi connectivity index (χ4n) is 2.49. The molecule has 0 bridgehead atoms. The van der Waals surface area contributed by atoms with Gasteiger partial charge in [0.25, 0.3) is 5.91 Å². The van der Waals surface area contributed by atoms with Crippen molar-refractivity contribution in [1.29, 1.82) is 0 Å². The molecule has 6 nitrogen and oxygen atoms in total. The van der Waals surface area contributed by atoms with Crippen molar-refractivity contribution in [2.24, 2.45) is 0 Å². The first-order valence-corrected chi connectivity index (χ1v) is 8.77. The van der Waals surface area contributed by atoms with Crippen LogP contribution in [-0.4, -0.2) is 22.0 Å². The largest absolute Gasteiger partial charge is 0.489 e. The van der Waals surface area contributed by atoms with Crippen molar-refractivity contribution in [2.75, 3.05) is 5.32 Å². The Balaban J connectivity index is 1.69. The Bertz CT molecular complexity index is 897. The number of nitrogens with zero attached hydrogens (tertiary/aromatic N) is 2. The summed E-state index contributed by atoms with van der Waals surface area (Å²) in [6.45, 7) is 4.36. The molecule has 6 heteroatoms. The van der Waals surface area contributed by atoms with Crippen molar-refractivity contribution in [3.63, 3.8) is 0 Å². The number of benzene rings is 1. The fourth-order valence-corrected chi connectivity index (χ4v) is 2.49. The van der Waals surface area contributed by atoms with E-state index in [2.05, 4.69) is 20.6 Å². The molecule has 3 rings (SSSR count). The van der Waals surface area contributed by atoms with Crippen LogP contribution in [0, 0.1) is 0 Å². The predicted octanol–water partition coefficient (Wildman–Crippen LogP) is 3.94. The number of aromatic nitrogens is 2. The zero-order chi connectivity index (χ0) is 19.1. The van der Waals surface area contributed by atoms with Crippen molar-refractivity contribution in [1.82, 2.24) is 15.3 Å². The third-order valence-corrected chi connectivity index (χ3v) is 3.70. The Morgan fingerprint density at radius 1 is 1.11 bits per heavy atom. The van der Waals surface area contributed by atoms with E-state index in [1.807, 2.05) is 56.3 Å². The molecule has 27 heavy (non-hydrogen) atoms. The Labute approximate surface area is 158 Å². The van der Waals surface area contributed by atoms with Crippen molar-refractivity contribution < 1.29 is 9.53 Å². The van der Waals surface area contributed by atoms with E-state index >= 15 is 0 Å². The SMILES string of the molecule is CC(C)Oc1ccccc1Nc1ccnc(C(=O)NCc2cccnc2)c1. The summed E-state index contributed by atoms with van der Waals surface area (Å²) < 4.78 is 5.82. The van der Waals surface area contributed by atoms with Crippen molar-refractivity contribution >= 4 is 17.3 Å². The molecule has 0 aliphatic heterocycles. The van der Waals surface area contributed by atoms with Gasteiger partial charge in [0, 0.05) is 30.8 Å². The summed E-state index contributed by atoms with van der Waals surface area (Å²) >= 11 is 0. The van der Waals surface area contributed by atoms with Gasteiger partial charge >= 0.3 is 0 Å². The topological polar surface area (TPSA) is 76.1 Å². The van der Waals surface area contributed by atoms with Crippen LogP contribution in [0.5, 0.6) is 5.75 Å². The number of anilines is 2. The summed E-state index contributed by atoms with van der Waals surface area (Å²) in [6.07, 6.45) is 5.09. The Morgan fingerprint density at radius 2 is 1.96 bits per heavy atom. The van der Waals surface area contributed by atoms with E-state index in [1.165, 1.54) is 0 Å². The molecule has 0 fully saturated rings. The molecule has 0 saturated carbocycles. The van der Waals surface area contributed by atoms with Crippen LogP contribution in [0.15, 0.2) is 67.1 Å². The van der Waals surface area contributed by atoms with Crippen molar-refractivity contribution in [3.05, 3.63) is 78.4 Å². The molecular formula is C21H22N4O2. The van der Waals surface area contributed by atoms with Gasteiger partial charge in [-0.3, -0.25) is 14.8 Å². The Kier molecular flexibility index (Phi) is 5.99. The molecule has 0 unspecified atom stereocenters. The molecule has 0 saturated heterocycles. The second-order valence-electron chi connectivity index (χ2n) is 6.26. The van der Waals surface area contributed by atoms with Crippen LogP contribution >= 0.6 is 0 Å². The van der Waals surface area contributed by atoms with Gasteiger partial charge < -0.3 is 15.4 Å². The summed E-state index contributed by atoms with van der Waals surface area (Å²) in [5.74, 6) is 0.515. The molecule has 0 radical (unpaired) electrons. The average molecular weight is 362 g/mol. The van der Waals surface area contributed by atoms with Crippen molar-refractivity contribution in [3.8, 4) is 5.75 Å². The molecule has 3 aromatic rings. The first kappa shape index (κ1) is 18.4. The van der Waals surface area contributed by atoms with Gasteiger partial charge in [-0.25, -0.2) is 0 Å². The number of amides is 1. The lowest BCUT2D eigenvalue weighted by Gasteiger charge is -2.15. The maximum absolute atomic E-state index is 12.4. The van der Waals surface area contributed by atoms with Crippen LogP contribution < -0.4 is 15.4 Å². The van der Waals surface area contributed by atoms with Crippen LogP contribution in [-0.2, 0) is 6.54 Å². The molecule has 138 valence electrons. The number of hydrogen-bond acceptors (Lipinski definition) is 5. The van der Waals surface area contributed by atoms with Gasteiger partial charge in [0.05, 0.1) is 11.8 Å². The van der Waals surface area contributed by atoms with Crippen LogP contribution in [0.1, 0.15) is 29.9 Å². The van der Waals surface area contributed by atoms with E-state index in [4.69, 9.17) is 4.74 Å². The number of carbonyl (C=O) groups is 1. The maximum atomic E-state index is 12.4. The normalized spacial score (nSPS) is 10.5. The molecule has 1 aromatic carbocycles. The third-order valence-electron chi connectivity index (χ3n) is 3.70. The van der Waals surface area contributed by atoms with E-state index in [0.717, 1.165) is 22.7 Å². The van der Waals surface area contributed by atoms with Gasteiger partial charge in [-0.15, -0.1) is 0 Å². The summed E-state index contributed by atoms with van der Waals surface area (Å²) in [5, 5.41) is 6.14. The minimum absolute atomic E-state index is 0.0687. The first-order chi connectivity index (χ1) is 13.1. The molecule has 2 aromatic heterocycles. The zero-order valence-electron chi connectivity index (χ0n) is 15.3. The van der Waals surface area contributed by atoms with Crippen LogP contribution in [0.3, 0.4) is 0 Å². The Morgan fingerprint density at radius 3 is 2.74 bits per heavy atom. The smallest absolute Gasteiger partial charge is 0.270 e. The molecule has 0 spiro atoms. The van der Waals surface area contributed by atoms with Crippen molar-refractivity contribution in [2.45, 2.75) is 26.5 Å². The predicted molar refractivity (Wildman–Crippen MR) is 105 cm³/mol. The molecular weight excluding hydrogens is 340 g/mol. The Hall–Kier alpha value is -3.41. The van der Waals surface area contributed by atoms with Gasteiger partial charge in [-0.2, -0.15) is 0 Å². The van der Waals surface area contributed by atoms with Crippen LogP contribution in [0.2, 0.25) is 0 Å². The zero-order valence-corrected chi connectivity index (χ0v) is 15.3. The monoisotopic (exact) mass is 362 g/mol. The lowest BCUT2D eigenvalue weighted by Crippen LogP contribution is -2.23. The standard InChI is InChI=1S/C21H22N4O2/c1-15(2)27-20-8-4-3-7-18(20)25-17-9-11-23-19(12-17)21(26)24-14-16-6-5-10-22-13-16/h3-13,15H,14H2,1-2H3,(H,23,25)(H,24,26). The quantitative estimate of drug-likeness (QED) is 0.666. The van der Waals surface area contributed by atoms with E-state index in [0.29, 0.717) is 12.2 Å². The molecule has 1 amide bonds. The van der Waals surface area contributed by atoms with Gasteiger partial charge in [0.2, 0.25) is 0 Å². The summed E-state index contributed by atoms with van der Waals surface area (Å²) in [5.41, 5.74) is 2.86. The van der Waals surface area contributed by atoms with Crippen LogP contribution in [0.4, 0.5) is 11.4 Å². The molecule has 2 N–H and O–H groups in total. The second kappa shape index (κ2) is 8.80. The van der Waals surface area contributed by atoms with Crippen LogP contribution in [0.25, 0.3) is 0 Å². The number of hydrogen-bond donors (Lipinski definition) is 2. The molecule has 0 aliphatic carbocycles. The fraction of sp³-hybridized carbons (Fsp3) is 0.190. The number of para-hydroxylation sites is 2. The number of nitrogens with one attached hydrogen (secondary N) is 2. The number of ether oxygens (including phenoxy) is 1. The van der Waals surface area contributed by atoms with Gasteiger partial charge in [0.15, 0.2) is 0 Å². The van der Waals surface area contributed by atoms with Gasteiger partial charge in [-0.05, 0) is 49.7 Å². The minimum atomic E-state index is -0.241. The summed E-state index contributed by atoms with van der Waals surface area (Å²) in [4.78, 5) is 20.6. The van der Waals surface area contributed by atoms with E-state index in [9.17, 15) is 4.79 Å². The molecule has 0 atom stereocenters. The number of rotatable bonds is 7. The second-order valence-corrected chi connectivity index (χ2v) is 6.26. The number of pyridine rings is 2. The third kappa shape index (κ3) is 5.28. The average Bonchev–Trinajstić information content (AvgIpc) is 2.68. The van der Waals surface area contributed by atoms with Gasteiger partial charge in [0.1, 0.15) is 11.4 Å². The summed E-state index contributed by atoms with van der Waals surface area (Å²) in [6, 6.07) is 15.0.